The molecule has 1 rings (SSSR count). The quantitative estimate of drug-likeness (QED) is 0.671. The van der Waals surface area contributed by atoms with E-state index in [9.17, 15) is 0 Å². The summed E-state index contributed by atoms with van der Waals surface area (Å²) in [5.41, 5.74) is 8.32. The van der Waals surface area contributed by atoms with Gasteiger partial charge >= 0.3 is 0 Å². The van der Waals surface area contributed by atoms with Gasteiger partial charge in [0.05, 0.1) is 2.88 Å². The normalized spacial score (nSPS) is 12.9. The van der Waals surface area contributed by atoms with Crippen LogP contribution in [0.15, 0.2) is 23.6 Å². The highest BCUT2D eigenvalue weighted by atomic mass is 127. The van der Waals surface area contributed by atoms with Gasteiger partial charge in [0.2, 0.25) is 0 Å². The maximum atomic E-state index is 5.95. The molecule has 1 nitrogen and oxygen atoms in total. The molecular formula is C9H12INS. The standard InChI is InChI=1S/C9H12INS/c1-6(2)3-8(11)7-4-9(10)12-5-7/h4-5,8H,1,3,11H2,2H3. The second-order valence-electron chi connectivity index (χ2n) is 2.95. The average Bonchev–Trinajstić information content (AvgIpc) is 2.34. The summed E-state index contributed by atoms with van der Waals surface area (Å²) < 4.78 is 1.29. The van der Waals surface area contributed by atoms with Gasteiger partial charge in [0, 0.05) is 6.04 Å². The van der Waals surface area contributed by atoms with Crippen molar-refractivity contribution >= 4 is 33.9 Å². The predicted molar refractivity (Wildman–Crippen MR) is 63.4 cm³/mol. The third-order valence-electron chi connectivity index (χ3n) is 1.58. The summed E-state index contributed by atoms with van der Waals surface area (Å²) >= 11 is 4.05. The van der Waals surface area contributed by atoms with Gasteiger partial charge in [-0.15, -0.1) is 17.9 Å². The molecular weight excluding hydrogens is 281 g/mol. The van der Waals surface area contributed by atoms with E-state index in [2.05, 4.69) is 40.6 Å². The van der Waals surface area contributed by atoms with Crippen LogP contribution in [0.5, 0.6) is 0 Å². The van der Waals surface area contributed by atoms with Gasteiger partial charge < -0.3 is 5.73 Å². The SMILES string of the molecule is C=C(C)CC(N)c1csc(I)c1. The van der Waals surface area contributed by atoms with Gasteiger partial charge in [-0.3, -0.25) is 0 Å². The first-order chi connectivity index (χ1) is 5.59. The molecule has 1 atom stereocenters. The molecule has 0 bridgehead atoms. The third-order valence-corrected chi connectivity index (χ3v) is 3.39. The molecule has 0 aliphatic rings. The molecule has 1 aromatic rings. The molecule has 0 aliphatic carbocycles. The van der Waals surface area contributed by atoms with E-state index in [1.807, 2.05) is 6.92 Å². The fourth-order valence-corrected chi connectivity index (χ4v) is 2.45. The Morgan fingerprint density at radius 3 is 2.92 bits per heavy atom. The van der Waals surface area contributed by atoms with E-state index in [0.717, 1.165) is 12.0 Å². The number of nitrogens with two attached hydrogens (primary N) is 1. The molecule has 66 valence electrons. The summed E-state index contributed by atoms with van der Waals surface area (Å²) in [6, 6.07) is 2.26. The smallest absolute Gasteiger partial charge is 0.0656 e. The maximum Gasteiger partial charge on any atom is 0.0656 e. The van der Waals surface area contributed by atoms with Crippen molar-refractivity contribution < 1.29 is 0 Å². The number of halogens is 1. The van der Waals surface area contributed by atoms with Crippen molar-refractivity contribution in [1.82, 2.24) is 0 Å². The van der Waals surface area contributed by atoms with Gasteiger partial charge in [0.1, 0.15) is 0 Å². The summed E-state index contributed by atoms with van der Waals surface area (Å²) in [6.45, 7) is 5.86. The van der Waals surface area contributed by atoms with Crippen molar-refractivity contribution in [3.8, 4) is 0 Å². The van der Waals surface area contributed by atoms with E-state index in [1.54, 1.807) is 11.3 Å². The summed E-state index contributed by atoms with van der Waals surface area (Å²) in [5.74, 6) is 0. The van der Waals surface area contributed by atoms with Crippen LogP contribution < -0.4 is 5.73 Å². The van der Waals surface area contributed by atoms with Crippen molar-refractivity contribution in [3.05, 3.63) is 32.0 Å². The molecule has 0 fully saturated rings. The summed E-state index contributed by atoms with van der Waals surface area (Å²) in [5, 5.41) is 2.12. The Bertz CT molecular complexity index is 280. The van der Waals surface area contributed by atoms with Crippen LogP contribution in [-0.2, 0) is 0 Å². The minimum atomic E-state index is 0.127. The van der Waals surface area contributed by atoms with Gasteiger partial charge in [-0.05, 0) is 52.9 Å². The molecule has 0 aromatic carbocycles. The highest BCUT2D eigenvalue weighted by molar-refractivity contribution is 14.1. The summed E-state index contributed by atoms with van der Waals surface area (Å²) in [7, 11) is 0. The molecule has 0 saturated carbocycles. The fraction of sp³-hybridized carbons (Fsp3) is 0.333. The largest absolute Gasteiger partial charge is 0.324 e. The Labute approximate surface area is 90.8 Å². The van der Waals surface area contributed by atoms with Crippen LogP contribution in [0.1, 0.15) is 24.9 Å². The van der Waals surface area contributed by atoms with Gasteiger partial charge in [0.15, 0.2) is 0 Å². The van der Waals surface area contributed by atoms with Crippen LogP contribution in [0.25, 0.3) is 0 Å². The van der Waals surface area contributed by atoms with Crippen molar-refractivity contribution in [2.24, 2.45) is 5.73 Å². The molecule has 1 heterocycles. The van der Waals surface area contributed by atoms with Crippen LogP contribution in [0.2, 0.25) is 0 Å². The minimum Gasteiger partial charge on any atom is -0.324 e. The van der Waals surface area contributed by atoms with E-state index in [0.29, 0.717) is 0 Å². The zero-order valence-electron chi connectivity index (χ0n) is 7.01. The molecule has 1 aromatic heterocycles. The van der Waals surface area contributed by atoms with Gasteiger partial charge in [-0.25, -0.2) is 0 Å². The van der Waals surface area contributed by atoms with Crippen LogP contribution in [-0.4, -0.2) is 0 Å². The Balaban J connectivity index is 2.64. The van der Waals surface area contributed by atoms with E-state index < -0.39 is 0 Å². The van der Waals surface area contributed by atoms with Crippen LogP contribution in [0.4, 0.5) is 0 Å². The van der Waals surface area contributed by atoms with Crippen LogP contribution >= 0.6 is 33.9 Å². The van der Waals surface area contributed by atoms with Gasteiger partial charge in [0.25, 0.3) is 0 Å². The zero-order valence-corrected chi connectivity index (χ0v) is 9.98. The third kappa shape index (κ3) is 2.88. The van der Waals surface area contributed by atoms with Crippen LogP contribution in [0.3, 0.4) is 0 Å². The molecule has 0 spiro atoms. The predicted octanol–water partition coefficient (Wildman–Crippen LogP) is 3.32. The Morgan fingerprint density at radius 1 is 1.83 bits per heavy atom. The minimum absolute atomic E-state index is 0.127. The van der Waals surface area contributed by atoms with E-state index >= 15 is 0 Å². The topological polar surface area (TPSA) is 26.0 Å². The second kappa shape index (κ2) is 4.39. The number of hydrogen-bond donors (Lipinski definition) is 1. The van der Waals surface area contributed by atoms with Crippen LogP contribution in [0, 0.1) is 2.88 Å². The average molecular weight is 293 g/mol. The molecule has 3 heteroatoms. The fourth-order valence-electron chi connectivity index (χ4n) is 1.01. The van der Waals surface area contributed by atoms with Crippen molar-refractivity contribution in [2.75, 3.05) is 0 Å². The lowest BCUT2D eigenvalue weighted by Gasteiger charge is -2.08. The molecule has 12 heavy (non-hydrogen) atoms. The number of rotatable bonds is 3. The zero-order chi connectivity index (χ0) is 9.14. The Kier molecular flexibility index (Phi) is 3.74. The summed E-state index contributed by atoms with van der Waals surface area (Å²) in [4.78, 5) is 0. The summed E-state index contributed by atoms with van der Waals surface area (Å²) in [6.07, 6.45) is 0.882. The number of hydrogen-bond acceptors (Lipinski definition) is 2. The lowest BCUT2D eigenvalue weighted by atomic mass is 10.0. The molecule has 1 unspecified atom stereocenters. The molecule has 2 N–H and O–H groups in total. The monoisotopic (exact) mass is 293 g/mol. The van der Waals surface area contributed by atoms with E-state index in [4.69, 9.17) is 5.73 Å². The molecule has 0 aliphatic heterocycles. The first-order valence-electron chi connectivity index (χ1n) is 3.73. The first kappa shape index (κ1) is 10.2. The van der Waals surface area contributed by atoms with E-state index in [1.165, 1.54) is 8.45 Å². The Morgan fingerprint density at radius 2 is 2.50 bits per heavy atom. The van der Waals surface area contributed by atoms with Gasteiger partial charge in [-0.1, -0.05) is 5.57 Å². The van der Waals surface area contributed by atoms with Gasteiger partial charge in [-0.2, -0.15) is 0 Å². The molecule has 0 amide bonds. The lowest BCUT2D eigenvalue weighted by molar-refractivity contribution is 0.720. The molecule has 0 radical (unpaired) electrons. The lowest BCUT2D eigenvalue weighted by Crippen LogP contribution is -2.09. The van der Waals surface area contributed by atoms with Crippen molar-refractivity contribution in [3.63, 3.8) is 0 Å². The highest BCUT2D eigenvalue weighted by Gasteiger charge is 2.07. The number of thiophene rings is 1. The highest BCUT2D eigenvalue weighted by Crippen LogP contribution is 2.24. The molecule has 0 saturated heterocycles. The maximum absolute atomic E-state index is 5.95. The van der Waals surface area contributed by atoms with Crippen molar-refractivity contribution in [1.29, 1.82) is 0 Å². The van der Waals surface area contributed by atoms with Crippen molar-refractivity contribution in [2.45, 2.75) is 19.4 Å². The second-order valence-corrected chi connectivity index (χ2v) is 5.76. The first-order valence-corrected chi connectivity index (χ1v) is 5.69. The Hall–Kier alpha value is 0.130. The van der Waals surface area contributed by atoms with E-state index in [-0.39, 0.29) is 6.04 Å².